The van der Waals surface area contributed by atoms with Crippen LogP contribution in [-0.2, 0) is 65.4 Å². The molecular formula is C75H146O17P2. The smallest absolute Gasteiger partial charge is 0.462 e. The first-order valence-electron chi connectivity index (χ1n) is 38.8. The van der Waals surface area contributed by atoms with Crippen LogP contribution in [0.15, 0.2) is 0 Å². The summed E-state index contributed by atoms with van der Waals surface area (Å²) >= 11 is 0. The third kappa shape index (κ3) is 66.0. The lowest BCUT2D eigenvalue weighted by molar-refractivity contribution is -0.161. The number of rotatable bonds is 72. The summed E-state index contributed by atoms with van der Waals surface area (Å²) in [7, 11) is -9.91. The largest absolute Gasteiger partial charge is 0.472 e. The first kappa shape index (κ1) is 92.1. The Bertz CT molecular complexity index is 1850. The molecule has 17 nitrogen and oxygen atoms in total. The second-order valence-electron chi connectivity index (χ2n) is 28.5. The Morgan fingerprint density at radius 2 is 0.511 bits per heavy atom. The highest BCUT2D eigenvalue weighted by molar-refractivity contribution is 7.47. The van der Waals surface area contributed by atoms with Crippen LogP contribution in [0.2, 0.25) is 0 Å². The van der Waals surface area contributed by atoms with Gasteiger partial charge in [0.1, 0.15) is 19.3 Å². The van der Waals surface area contributed by atoms with E-state index in [0.29, 0.717) is 25.7 Å². The Morgan fingerprint density at radius 3 is 0.755 bits per heavy atom. The Labute approximate surface area is 575 Å². The molecule has 0 radical (unpaired) electrons. The van der Waals surface area contributed by atoms with Gasteiger partial charge < -0.3 is 33.8 Å². The van der Waals surface area contributed by atoms with E-state index in [4.69, 9.17) is 37.0 Å². The lowest BCUT2D eigenvalue weighted by Gasteiger charge is -2.21. The van der Waals surface area contributed by atoms with E-state index in [1.165, 1.54) is 180 Å². The van der Waals surface area contributed by atoms with Gasteiger partial charge in [0, 0.05) is 25.7 Å². The highest BCUT2D eigenvalue weighted by Crippen LogP contribution is 2.45. The summed E-state index contributed by atoms with van der Waals surface area (Å²) in [5, 5.41) is 10.6. The molecule has 0 bridgehead atoms. The van der Waals surface area contributed by atoms with Crippen molar-refractivity contribution in [3.8, 4) is 0 Å². The normalized spacial score (nSPS) is 14.7. The summed E-state index contributed by atoms with van der Waals surface area (Å²) in [4.78, 5) is 72.7. The second kappa shape index (κ2) is 64.4. The van der Waals surface area contributed by atoms with Crippen molar-refractivity contribution in [2.75, 3.05) is 39.6 Å². The van der Waals surface area contributed by atoms with Gasteiger partial charge in [-0.15, -0.1) is 0 Å². The highest BCUT2D eigenvalue weighted by atomic mass is 31.2. The van der Waals surface area contributed by atoms with E-state index in [1.54, 1.807) is 0 Å². The number of phosphoric acid groups is 2. The van der Waals surface area contributed by atoms with Gasteiger partial charge in [0.2, 0.25) is 0 Å². The maximum absolute atomic E-state index is 13.1. The van der Waals surface area contributed by atoms with Crippen molar-refractivity contribution in [3.63, 3.8) is 0 Å². The van der Waals surface area contributed by atoms with Crippen LogP contribution in [-0.4, -0.2) is 96.7 Å². The van der Waals surface area contributed by atoms with E-state index < -0.39 is 97.5 Å². The first-order chi connectivity index (χ1) is 45.2. The third-order valence-electron chi connectivity index (χ3n) is 18.0. The fraction of sp³-hybridized carbons (Fsp3) is 0.947. The van der Waals surface area contributed by atoms with Crippen LogP contribution in [0.4, 0.5) is 0 Å². The van der Waals surface area contributed by atoms with E-state index in [1.807, 2.05) is 0 Å². The van der Waals surface area contributed by atoms with E-state index in [2.05, 4.69) is 55.4 Å². The van der Waals surface area contributed by atoms with Gasteiger partial charge in [-0.3, -0.25) is 37.3 Å². The number of hydrogen-bond acceptors (Lipinski definition) is 15. The van der Waals surface area contributed by atoms with Gasteiger partial charge >= 0.3 is 39.5 Å². The quantitative estimate of drug-likeness (QED) is 0.0222. The Morgan fingerprint density at radius 1 is 0.298 bits per heavy atom. The van der Waals surface area contributed by atoms with Crippen molar-refractivity contribution in [1.29, 1.82) is 0 Å². The topological polar surface area (TPSA) is 237 Å². The van der Waals surface area contributed by atoms with Crippen molar-refractivity contribution in [2.45, 2.75) is 395 Å². The number of aliphatic hydroxyl groups excluding tert-OH is 1. The maximum Gasteiger partial charge on any atom is 0.472 e. The van der Waals surface area contributed by atoms with Gasteiger partial charge in [0.15, 0.2) is 12.2 Å². The molecule has 19 heteroatoms. The molecule has 94 heavy (non-hydrogen) atoms. The van der Waals surface area contributed by atoms with Crippen LogP contribution in [0.1, 0.15) is 376 Å². The monoisotopic (exact) mass is 1380 g/mol. The molecule has 0 aliphatic carbocycles. The molecule has 0 aromatic rings. The number of carbonyl (C=O) groups excluding carboxylic acids is 4. The molecule has 3 N–H and O–H groups in total. The highest BCUT2D eigenvalue weighted by Gasteiger charge is 2.30. The van der Waals surface area contributed by atoms with Crippen molar-refractivity contribution >= 4 is 39.5 Å². The second-order valence-corrected chi connectivity index (χ2v) is 31.4. The Hall–Kier alpha value is -1.94. The number of unbranched alkanes of at least 4 members (excludes halogenated alkanes) is 36. The molecule has 0 aromatic heterocycles. The molecule has 0 rings (SSSR count). The van der Waals surface area contributed by atoms with Crippen LogP contribution >= 0.6 is 15.6 Å². The van der Waals surface area contributed by atoms with E-state index in [0.717, 1.165) is 114 Å². The minimum Gasteiger partial charge on any atom is -0.462 e. The zero-order chi connectivity index (χ0) is 69.6. The average molecular weight is 1380 g/mol. The summed E-state index contributed by atoms with van der Waals surface area (Å²) in [6.45, 7) is 14.1. The molecule has 0 spiro atoms. The van der Waals surface area contributed by atoms with Gasteiger partial charge in [-0.1, -0.05) is 325 Å². The summed E-state index contributed by atoms with van der Waals surface area (Å²) in [5.41, 5.74) is 0. The molecule has 0 heterocycles. The molecule has 7 atom stereocenters. The summed E-state index contributed by atoms with van der Waals surface area (Å²) < 4.78 is 68.4. The van der Waals surface area contributed by atoms with Crippen molar-refractivity contribution in [3.05, 3.63) is 0 Å². The Kier molecular flexibility index (Phi) is 63.1. The van der Waals surface area contributed by atoms with Gasteiger partial charge in [0.25, 0.3) is 0 Å². The van der Waals surface area contributed by atoms with Gasteiger partial charge in [-0.2, -0.15) is 0 Å². The number of esters is 4. The lowest BCUT2D eigenvalue weighted by Crippen LogP contribution is -2.30. The minimum absolute atomic E-state index is 0.102. The van der Waals surface area contributed by atoms with Crippen LogP contribution in [0.5, 0.6) is 0 Å². The molecule has 0 aromatic carbocycles. The fourth-order valence-electron chi connectivity index (χ4n) is 11.3. The van der Waals surface area contributed by atoms with Crippen LogP contribution in [0, 0.1) is 23.7 Å². The van der Waals surface area contributed by atoms with E-state index in [-0.39, 0.29) is 25.7 Å². The van der Waals surface area contributed by atoms with Crippen LogP contribution < -0.4 is 0 Å². The molecule has 0 fully saturated rings. The Balaban J connectivity index is 5.17. The predicted molar refractivity (Wildman–Crippen MR) is 381 cm³/mol. The molecule has 558 valence electrons. The van der Waals surface area contributed by atoms with E-state index >= 15 is 0 Å². The molecule has 0 aliphatic heterocycles. The molecule has 0 saturated heterocycles. The van der Waals surface area contributed by atoms with E-state index in [9.17, 15) is 43.2 Å². The number of ether oxygens (including phenoxy) is 4. The number of aliphatic hydroxyl groups is 1. The lowest BCUT2D eigenvalue weighted by atomic mass is 9.99. The van der Waals surface area contributed by atoms with Crippen molar-refractivity contribution in [2.24, 2.45) is 23.7 Å². The SMILES string of the molecule is CCC(C)CCCCCCCCCCC(=O)O[C@H](COC(=O)CCCCCCCCCCCCCCCCCCCCC(C)C)COP(=O)(O)OCC(O)COP(=O)(O)OC[C@@H](COC(=O)CCCCCCCCCCC(C)C)OC(=O)CCCCCCCCC(C)CC. The van der Waals surface area contributed by atoms with Crippen LogP contribution in [0.25, 0.3) is 0 Å². The molecular weight excluding hydrogens is 1230 g/mol. The molecule has 0 amide bonds. The first-order valence-corrected chi connectivity index (χ1v) is 41.8. The number of phosphoric ester groups is 2. The van der Waals surface area contributed by atoms with Gasteiger partial charge in [0.05, 0.1) is 26.4 Å². The summed E-state index contributed by atoms with van der Waals surface area (Å²) in [6.07, 6.45) is 48.8. The fourth-order valence-corrected chi connectivity index (χ4v) is 12.9. The molecule has 0 saturated carbocycles. The molecule has 0 aliphatic rings. The summed E-state index contributed by atoms with van der Waals surface area (Å²) in [5.74, 6) is 0.911. The number of carbonyl (C=O) groups is 4. The van der Waals surface area contributed by atoms with Gasteiger partial charge in [-0.25, -0.2) is 9.13 Å². The minimum atomic E-state index is -4.96. The third-order valence-corrected chi connectivity index (χ3v) is 19.9. The molecule has 5 unspecified atom stereocenters. The van der Waals surface area contributed by atoms with Gasteiger partial charge in [-0.05, 0) is 49.4 Å². The summed E-state index contributed by atoms with van der Waals surface area (Å²) in [6, 6.07) is 0. The maximum atomic E-state index is 13.1. The zero-order valence-corrected chi connectivity index (χ0v) is 63.4. The van der Waals surface area contributed by atoms with Crippen LogP contribution in [0.3, 0.4) is 0 Å². The average Bonchev–Trinajstić information content (AvgIpc) is 1.88. The van der Waals surface area contributed by atoms with Crippen molar-refractivity contribution in [1.82, 2.24) is 0 Å². The zero-order valence-electron chi connectivity index (χ0n) is 61.6. The van der Waals surface area contributed by atoms with Crippen molar-refractivity contribution < 1.29 is 80.2 Å². The number of hydrogen-bond donors (Lipinski definition) is 3. The predicted octanol–water partition coefficient (Wildman–Crippen LogP) is 21.7. The standard InChI is InChI=1S/C75H146O17P2/c1-9-67(7)53-45-37-29-24-26-32-41-49-57-74(79)91-70(61-85-72(77)55-47-39-30-22-20-18-16-14-12-11-13-15-17-19-21-27-35-43-51-65(3)4)63-89-93(81,82)87-59-69(76)60-88-94(83,84)90-64-71(92-75(80)58-50-42-34-33-38-46-54-68(8)10-2)62-86-73(78)56-48-40-31-25-23-28-36-44-52-66(5)6/h65-71,76H,9-64H2,1-8H3,(H,81,82)(H,83,84)/t67?,68?,69?,70-,71-/m1/s1.